The number of carbonyl (C=O) groups is 1. The minimum atomic E-state index is -0.429. The lowest BCUT2D eigenvalue weighted by atomic mass is 9.97. The molecule has 1 aliphatic rings. The number of rotatable bonds is 7. The molecule has 0 bridgehead atoms. The molecule has 4 aromatic rings. The smallest absolute Gasteiger partial charge is 0.207 e. The third kappa shape index (κ3) is 4.29. The van der Waals surface area contributed by atoms with Crippen molar-refractivity contribution in [3.8, 4) is 0 Å². The predicted molar refractivity (Wildman–Crippen MR) is 129 cm³/mol. The van der Waals surface area contributed by atoms with Gasteiger partial charge in [-0.3, -0.25) is 0 Å². The number of anilines is 2. The normalized spacial score (nSPS) is 15.7. The van der Waals surface area contributed by atoms with Crippen LogP contribution >= 0.6 is 0 Å². The van der Waals surface area contributed by atoms with Gasteiger partial charge < -0.3 is 15.0 Å². The van der Waals surface area contributed by atoms with E-state index in [0.29, 0.717) is 18.8 Å². The van der Waals surface area contributed by atoms with Crippen LogP contribution in [0.2, 0.25) is 0 Å². The van der Waals surface area contributed by atoms with Gasteiger partial charge in [-0.15, -0.1) is 0 Å². The topological polar surface area (TPSA) is 58.1 Å². The van der Waals surface area contributed by atoms with Crippen molar-refractivity contribution in [2.24, 2.45) is 0 Å². The molecule has 2 heterocycles. The Bertz CT molecular complexity index is 1270. The summed E-state index contributed by atoms with van der Waals surface area (Å²) in [7, 11) is 0. The van der Waals surface area contributed by atoms with Crippen LogP contribution in [0.25, 0.3) is 10.8 Å². The summed E-state index contributed by atoms with van der Waals surface area (Å²) >= 11 is 0. The summed E-state index contributed by atoms with van der Waals surface area (Å²) in [4.78, 5) is 21.2. The Labute approximate surface area is 192 Å². The molecule has 1 atom stereocenters. The minimum Gasteiger partial charge on any atom is -0.363 e. The number of halogens is 1. The molecule has 1 aliphatic heterocycles. The first-order chi connectivity index (χ1) is 16.2. The van der Waals surface area contributed by atoms with Crippen LogP contribution in [-0.2, 0) is 17.8 Å². The van der Waals surface area contributed by atoms with E-state index >= 15 is 4.39 Å². The largest absolute Gasteiger partial charge is 0.363 e. The Morgan fingerprint density at radius 1 is 1.00 bits per heavy atom. The number of hydrogen-bond acceptors (Lipinski definition) is 5. The average Bonchev–Trinajstić information content (AvgIpc) is 3.33. The van der Waals surface area contributed by atoms with E-state index in [1.807, 2.05) is 36.4 Å². The Hall–Kier alpha value is -3.80. The van der Waals surface area contributed by atoms with Crippen molar-refractivity contribution >= 4 is 28.7 Å². The number of carbonyl (C=O) groups excluding carboxylic acids is 1. The average molecular weight is 441 g/mol. The van der Waals surface area contributed by atoms with Crippen molar-refractivity contribution in [2.75, 3.05) is 16.8 Å². The second kappa shape index (κ2) is 9.36. The summed E-state index contributed by atoms with van der Waals surface area (Å²) in [5.74, 6) is 0.104. The van der Waals surface area contributed by atoms with E-state index in [-0.39, 0.29) is 11.9 Å². The van der Waals surface area contributed by atoms with E-state index in [2.05, 4.69) is 50.5 Å². The highest BCUT2D eigenvalue weighted by Gasteiger charge is 2.31. The highest BCUT2D eigenvalue weighted by molar-refractivity contribution is 5.86. The second-order valence-corrected chi connectivity index (χ2v) is 8.32. The Morgan fingerprint density at radius 2 is 1.79 bits per heavy atom. The molecule has 5 rings (SSSR count). The van der Waals surface area contributed by atoms with Gasteiger partial charge in [0.05, 0.1) is 6.04 Å². The first-order valence-electron chi connectivity index (χ1n) is 11.2. The Kier molecular flexibility index (Phi) is 5.98. The molecule has 166 valence electrons. The fourth-order valence-electron chi connectivity index (χ4n) is 4.64. The van der Waals surface area contributed by atoms with E-state index in [4.69, 9.17) is 0 Å². The van der Waals surface area contributed by atoms with Crippen LogP contribution in [0.4, 0.5) is 16.0 Å². The maximum atomic E-state index is 15.5. The molecule has 6 heteroatoms. The second-order valence-electron chi connectivity index (χ2n) is 8.32. The van der Waals surface area contributed by atoms with E-state index in [1.54, 1.807) is 0 Å². The maximum absolute atomic E-state index is 15.5. The molecule has 1 fully saturated rings. The summed E-state index contributed by atoms with van der Waals surface area (Å²) in [5, 5.41) is 5.49. The van der Waals surface area contributed by atoms with Crippen LogP contribution in [0, 0.1) is 5.82 Å². The lowest BCUT2D eigenvalue weighted by Gasteiger charge is -2.27. The molecule has 5 nitrogen and oxygen atoms in total. The minimum absolute atomic E-state index is 0.0683. The van der Waals surface area contributed by atoms with Crippen molar-refractivity contribution in [3.05, 3.63) is 95.6 Å². The van der Waals surface area contributed by atoms with Crippen molar-refractivity contribution in [1.82, 2.24) is 9.97 Å². The molecular weight excluding hydrogens is 415 g/mol. The summed E-state index contributed by atoms with van der Waals surface area (Å²) in [6.07, 6.45) is 4.63. The lowest BCUT2D eigenvalue weighted by molar-refractivity contribution is -0.107. The standard InChI is InChI=1S/C27H25FN4O/c28-25-26(29-17-20-12-10-19(11-13-20)14-16-33)30-18-31-27(25)32-15-4-9-24(32)23-8-3-6-21-5-1-2-7-22(21)23/h1-3,5-8,10-13,16,18,24H,4,9,14-15,17H2,(H,29,30,31). The van der Waals surface area contributed by atoms with Crippen molar-refractivity contribution in [1.29, 1.82) is 0 Å². The van der Waals surface area contributed by atoms with Crippen molar-refractivity contribution in [2.45, 2.75) is 31.8 Å². The van der Waals surface area contributed by atoms with Gasteiger partial charge in [-0.1, -0.05) is 66.7 Å². The number of fused-ring (bicyclic) bond motifs is 1. The van der Waals surface area contributed by atoms with Crippen LogP contribution in [0.3, 0.4) is 0 Å². The first kappa shape index (κ1) is 21.1. The zero-order valence-corrected chi connectivity index (χ0v) is 18.2. The van der Waals surface area contributed by atoms with Crippen molar-refractivity contribution < 1.29 is 9.18 Å². The lowest BCUT2D eigenvalue weighted by Crippen LogP contribution is -2.25. The zero-order valence-electron chi connectivity index (χ0n) is 18.2. The van der Waals surface area contributed by atoms with Crippen molar-refractivity contribution in [3.63, 3.8) is 0 Å². The molecule has 1 aromatic heterocycles. The first-order valence-corrected chi connectivity index (χ1v) is 11.2. The molecule has 0 saturated carbocycles. The monoisotopic (exact) mass is 440 g/mol. The molecule has 0 aliphatic carbocycles. The third-order valence-corrected chi connectivity index (χ3v) is 6.28. The van der Waals surface area contributed by atoms with Crippen LogP contribution in [0.5, 0.6) is 0 Å². The van der Waals surface area contributed by atoms with Gasteiger partial charge in [-0.2, -0.15) is 4.39 Å². The van der Waals surface area contributed by atoms with Gasteiger partial charge in [0, 0.05) is 19.5 Å². The highest BCUT2D eigenvalue weighted by Crippen LogP contribution is 2.39. The number of hydrogen-bond donors (Lipinski definition) is 1. The van der Waals surface area contributed by atoms with Gasteiger partial charge in [0.15, 0.2) is 11.6 Å². The fraction of sp³-hybridized carbons (Fsp3) is 0.222. The molecular formula is C27H25FN4O. The highest BCUT2D eigenvalue weighted by atomic mass is 19.1. The van der Waals surface area contributed by atoms with Gasteiger partial charge in [-0.05, 0) is 40.3 Å². The Morgan fingerprint density at radius 3 is 2.64 bits per heavy atom. The Balaban J connectivity index is 1.39. The van der Waals surface area contributed by atoms with Crippen LogP contribution in [0.15, 0.2) is 73.1 Å². The number of aldehydes is 1. The van der Waals surface area contributed by atoms with E-state index < -0.39 is 5.82 Å². The van der Waals surface area contributed by atoms with E-state index in [1.165, 1.54) is 22.7 Å². The molecule has 0 amide bonds. The number of aromatic nitrogens is 2. The predicted octanol–water partition coefficient (Wildman–Crippen LogP) is 5.46. The van der Waals surface area contributed by atoms with Gasteiger partial charge in [0.2, 0.25) is 5.82 Å². The summed E-state index contributed by atoms with van der Waals surface area (Å²) in [6.45, 7) is 1.18. The van der Waals surface area contributed by atoms with E-state index in [0.717, 1.165) is 36.8 Å². The summed E-state index contributed by atoms with van der Waals surface area (Å²) in [6, 6.07) is 22.4. The number of nitrogens with zero attached hydrogens (tertiary/aromatic N) is 3. The third-order valence-electron chi connectivity index (χ3n) is 6.28. The molecule has 0 spiro atoms. The number of benzene rings is 3. The maximum Gasteiger partial charge on any atom is 0.207 e. The quantitative estimate of drug-likeness (QED) is 0.387. The van der Waals surface area contributed by atoms with Gasteiger partial charge in [0.1, 0.15) is 12.6 Å². The van der Waals surface area contributed by atoms with Gasteiger partial charge in [-0.25, -0.2) is 9.97 Å². The SMILES string of the molecule is O=CCc1ccc(CNc2ncnc(N3CCCC3c3cccc4ccccc34)c2F)cc1. The van der Waals surface area contributed by atoms with Gasteiger partial charge >= 0.3 is 0 Å². The molecule has 1 N–H and O–H groups in total. The van der Waals surface area contributed by atoms with Gasteiger partial charge in [0.25, 0.3) is 0 Å². The molecule has 3 aromatic carbocycles. The zero-order chi connectivity index (χ0) is 22.6. The van der Waals surface area contributed by atoms with Crippen LogP contribution < -0.4 is 10.2 Å². The van der Waals surface area contributed by atoms with E-state index in [9.17, 15) is 4.79 Å². The number of nitrogens with one attached hydrogen (secondary N) is 1. The van der Waals surface area contributed by atoms with Crippen LogP contribution in [-0.4, -0.2) is 22.8 Å². The molecule has 33 heavy (non-hydrogen) atoms. The fourth-order valence-corrected chi connectivity index (χ4v) is 4.64. The van der Waals surface area contributed by atoms with Crippen LogP contribution in [0.1, 0.15) is 35.6 Å². The summed E-state index contributed by atoms with van der Waals surface area (Å²) < 4.78 is 15.5. The molecule has 1 unspecified atom stereocenters. The summed E-state index contributed by atoms with van der Waals surface area (Å²) in [5.41, 5.74) is 3.14. The molecule has 1 saturated heterocycles. The molecule has 0 radical (unpaired) electrons.